The Bertz CT molecular complexity index is 729. The quantitative estimate of drug-likeness (QED) is 0.915. The van der Waals surface area contributed by atoms with E-state index in [0.29, 0.717) is 19.6 Å². The van der Waals surface area contributed by atoms with Crippen molar-refractivity contribution in [2.45, 2.75) is 25.6 Å². The molecule has 0 aromatic heterocycles. The molecular formula is C19H19NO4. The summed E-state index contributed by atoms with van der Waals surface area (Å²) in [6.45, 7) is 0.510. The summed E-state index contributed by atoms with van der Waals surface area (Å²) in [5, 5.41) is 9.45. The molecule has 0 saturated carbocycles. The molecular weight excluding hydrogens is 306 g/mol. The summed E-state index contributed by atoms with van der Waals surface area (Å²) >= 11 is 0. The fourth-order valence-corrected chi connectivity index (χ4v) is 2.92. The fourth-order valence-electron chi connectivity index (χ4n) is 2.92. The predicted octanol–water partition coefficient (Wildman–Crippen LogP) is 2.24. The SMILES string of the molecule is O=C(O)C1Cc2ccccc2CN1C(=O)COCc1ccccc1. The molecule has 1 aliphatic heterocycles. The minimum Gasteiger partial charge on any atom is -0.480 e. The van der Waals surface area contributed by atoms with Crippen LogP contribution in [0.1, 0.15) is 16.7 Å². The standard InChI is InChI=1S/C19H19NO4/c21-18(13-24-12-14-6-2-1-3-7-14)20-11-16-9-5-4-8-15(16)10-17(20)19(22)23/h1-9,17H,10-13H2,(H,22,23). The number of carboxylic acid groups (broad SMARTS) is 1. The Hall–Kier alpha value is -2.66. The summed E-state index contributed by atoms with van der Waals surface area (Å²) in [6.07, 6.45) is 0.329. The van der Waals surface area contributed by atoms with E-state index in [0.717, 1.165) is 16.7 Å². The molecule has 0 radical (unpaired) electrons. The van der Waals surface area contributed by atoms with Gasteiger partial charge in [-0.05, 0) is 16.7 Å². The van der Waals surface area contributed by atoms with Gasteiger partial charge in [0.25, 0.3) is 0 Å². The molecule has 0 aliphatic carbocycles. The minimum atomic E-state index is -0.985. The zero-order valence-electron chi connectivity index (χ0n) is 13.2. The Balaban J connectivity index is 1.65. The number of aliphatic carboxylic acids is 1. The lowest BCUT2D eigenvalue weighted by molar-refractivity contribution is -0.153. The van der Waals surface area contributed by atoms with Crippen LogP contribution in [0.25, 0.3) is 0 Å². The van der Waals surface area contributed by atoms with Crippen molar-refractivity contribution in [1.29, 1.82) is 0 Å². The Morgan fingerprint density at radius 2 is 1.71 bits per heavy atom. The van der Waals surface area contributed by atoms with Gasteiger partial charge in [0.05, 0.1) is 6.61 Å². The Morgan fingerprint density at radius 3 is 2.42 bits per heavy atom. The summed E-state index contributed by atoms with van der Waals surface area (Å²) in [6, 6.07) is 16.4. The van der Waals surface area contributed by atoms with Crippen LogP contribution >= 0.6 is 0 Å². The normalized spacial score (nSPS) is 16.5. The van der Waals surface area contributed by atoms with Gasteiger partial charge >= 0.3 is 5.97 Å². The van der Waals surface area contributed by atoms with Crippen molar-refractivity contribution in [1.82, 2.24) is 4.90 Å². The maximum Gasteiger partial charge on any atom is 0.326 e. The molecule has 1 amide bonds. The van der Waals surface area contributed by atoms with Gasteiger partial charge in [0.15, 0.2) is 0 Å². The summed E-state index contributed by atoms with van der Waals surface area (Å²) in [4.78, 5) is 25.4. The van der Waals surface area contributed by atoms with Crippen molar-refractivity contribution in [3.63, 3.8) is 0 Å². The first-order valence-corrected chi connectivity index (χ1v) is 7.86. The molecule has 1 N–H and O–H groups in total. The number of hydrogen-bond acceptors (Lipinski definition) is 3. The van der Waals surface area contributed by atoms with Crippen LogP contribution in [0.5, 0.6) is 0 Å². The number of nitrogens with zero attached hydrogens (tertiary/aromatic N) is 1. The molecule has 3 rings (SSSR count). The second-order valence-corrected chi connectivity index (χ2v) is 5.83. The maximum atomic E-state index is 12.5. The van der Waals surface area contributed by atoms with E-state index in [2.05, 4.69) is 0 Å². The fraction of sp³-hybridized carbons (Fsp3) is 0.263. The van der Waals surface area contributed by atoms with Crippen molar-refractivity contribution in [2.75, 3.05) is 6.61 Å². The molecule has 5 nitrogen and oxygen atoms in total. The molecule has 124 valence electrons. The lowest BCUT2D eigenvalue weighted by Crippen LogP contribution is -2.49. The van der Waals surface area contributed by atoms with Crippen LogP contribution in [0.15, 0.2) is 54.6 Å². The van der Waals surface area contributed by atoms with E-state index in [4.69, 9.17) is 4.74 Å². The third-order valence-electron chi connectivity index (χ3n) is 4.19. The van der Waals surface area contributed by atoms with E-state index in [-0.39, 0.29) is 12.5 Å². The molecule has 5 heteroatoms. The van der Waals surface area contributed by atoms with Crippen LogP contribution in [0.4, 0.5) is 0 Å². The second kappa shape index (κ2) is 7.27. The number of rotatable bonds is 5. The highest BCUT2D eigenvalue weighted by Gasteiger charge is 2.34. The van der Waals surface area contributed by atoms with Gasteiger partial charge in [-0.25, -0.2) is 4.79 Å². The van der Waals surface area contributed by atoms with Gasteiger partial charge < -0.3 is 14.7 Å². The highest BCUT2D eigenvalue weighted by molar-refractivity contribution is 5.85. The molecule has 0 spiro atoms. The van der Waals surface area contributed by atoms with E-state index in [1.165, 1.54) is 4.90 Å². The first-order valence-electron chi connectivity index (χ1n) is 7.86. The molecule has 0 saturated heterocycles. The third kappa shape index (κ3) is 3.63. The number of benzene rings is 2. The van der Waals surface area contributed by atoms with Gasteiger partial charge in [-0.15, -0.1) is 0 Å². The molecule has 1 aliphatic rings. The Morgan fingerprint density at radius 1 is 1.04 bits per heavy atom. The van der Waals surface area contributed by atoms with Crippen LogP contribution in [0.2, 0.25) is 0 Å². The Kier molecular flexibility index (Phi) is 4.91. The molecule has 0 bridgehead atoms. The van der Waals surface area contributed by atoms with Crippen molar-refractivity contribution < 1.29 is 19.4 Å². The van der Waals surface area contributed by atoms with Crippen LogP contribution in [-0.4, -0.2) is 34.5 Å². The summed E-state index contributed by atoms with van der Waals surface area (Å²) in [7, 11) is 0. The van der Waals surface area contributed by atoms with Gasteiger partial charge in [-0.1, -0.05) is 54.6 Å². The minimum absolute atomic E-state index is 0.124. The van der Waals surface area contributed by atoms with Gasteiger partial charge in [0.2, 0.25) is 5.91 Å². The molecule has 1 unspecified atom stereocenters. The maximum absolute atomic E-state index is 12.5. The topological polar surface area (TPSA) is 66.8 Å². The second-order valence-electron chi connectivity index (χ2n) is 5.83. The first-order chi connectivity index (χ1) is 11.6. The number of hydrogen-bond donors (Lipinski definition) is 1. The highest BCUT2D eigenvalue weighted by atomic mass is 16.5. The van der Waals surface area contributed by atoms with Gasteiger partial charge in [0, 0.05) is 13.0 Å². The van der Waals surface area contributed by atoms with E-state index in [9.17, 15) is 14.7 Å². The van der Waals surface area contributed by atoms with Crippen LogP contribution in [0, 0.1) is 0 Å². The number of ether oxygens (including phenoxy) is 1. The molecule has 0 fully saturated rings. The van der Waals surface area contributed by atoms with E-state index in [1.807, 2.05) is 54.6 Å². The van der Waals surface area contributed by atoms with Crippen LogP contribution in [-0.2, 0) is 33.9 Å². The number of carboxylic acids is 1. The number of carbonyl (C=O) groups is 2. The largest absolute Gasteiger partial charge is 0.480 e. The Labute approximate surface area is 140 Å². The van der Waals surface area contributed by atoms with Crippen molar-refractivity contribution in [3.8, 4) is 0 Å². The smallest absolute Gasteiger partial charge is 0.326 e. The molecule has 2 aromatic carbocycles. The summed E-state index contributed by atoms with van der Waals surface area (Å²) < 4.78 is 5.47. The van der Waals surface area contributed by atoms with Gasteiger partial charge in [0.1, 0.15) is 12.6 Å². The number of fused-ring (bicyclic) bond motifs is 1. The van der Waals surface area contributed by atoms with E-state index >= 15 is 0 Å². The lowest BCUT2D eigenvalue weighted by atomic mass is 9.94. The van der Waals surface area contributed by atoms with E-state index in [1.54, 1.807) is 0 Å². The number of carbonyl (C=O) groups excluding carboxylic acids is 1. The van der Waals surface area contributed by atoms with Crippen molar-refractivity contribution in [2.24, 2.45) is 0 Å². The zero-order valence-corrected chi connectivity index (χ0v) is 13.2. The van der Waals surface area contributed by atoms with Crippen LogP contribution in [0.3, 0.4) is 0 Å². The molecule has 1 atom stereocenters. The first kappa shape index (κ1) is 16.2. The molecule has 1 heterocycles. The summed E-state index contributed by atoms with van der Waals surface area (Å²) in [5.41, 5.74) is 2.95. The van der Waals surface area contributed by atoms with Crippen LogP contribution < -0.4 is 0 Å². The average Bonchev–Trinajstić information content (AvgIpc) is 2.61. The van der Waals surface area contributed by atoms with Gasteiger partial charge in [-0.3, -0.25) is 4.79 Å². The average molecular weight is 325 g/mol. The van der Waals surface area contributed by atoms with E-state index < -0.39 is 12.0 Å². The summed E-state index contributed by atoms with van der Waals surface area (Å²) in [5.74, 6) is -1.28. The highest BCUT2D eigenvalue weighted by Crippen LogP contribution is 2.23. The zero-order chi connectivity index (χ0) is 16.9. The van der Waals surface area contributed by atoms with Crippen molar-refractivity contribution >= 4 is 11.9 Å². The third-order valence-corrected chi connectivity index (χ3v) is 4.19. The number of amides is 1. The molecule has 2 aromatic rings. The lowest BCUT2D eigenvalue weighted by Gasteiger charge is -2.34. The monoisotopic (exact) mass is 325 g/mol. The molecule has 24 heavy (non-hydrogen) atoms. The predicted molar refractivity (Wildman–Crippen MR) is 88.2 cm³/mol. The van der Waals surface area contributed by atoms with Crippen molar-refractivity contribution in [3.05, 3.63) is 71.3 Å². The van der Waals surface area contributed by atoms with Gasteiger partial charge in [-0.2, -0.15) is 0 Å².